The second kappa shape index (κ2) is 5.22. The van der Waals surface area contributed by atoms with Crippen molar-refractivity contribution in [1.82, 2.24) is 0 Å². The average Bonchev–Trinajstić information content (AvgIpc) is 2.15. The molecule has 0 spiro atoms. The number of ether oxygens (including phenoxy) is 1. The number of hydrogen-bond acceptors (Lipinski definition) is 2. The fourth-order valence-electron chi connectivity index (χ4n) is 1.80. The van der Waals surface area contributed by atoms with Gasteiger partial charge in [0.1, 0.15) is 0 Å². The summed E-state index contributed by atoms with van der Waals surface area (Å²) in [6.07, 6.45) is 5.24. The monoisotopic (exact) mass is 185 g/mol. The molecule has 1 aliphatic rings. The number of rotatable bonds is 4. The molecular weight excluding hydrogens is 166 g/mol. The van der Waals surface area contributed by atoms with Crippen molar-refractivity contribution >= 4 is 5.91 Å². The number of carbonyl (C=O) groups excluding carboxylic acids is 1. The summed E-state index contributed by atoms with van der Waals surface area (Å²) in [6.45, 7) is 2.95. The van der Waals surface area contributed by atoms with Crippen LogP contribution in [0.2, 0.25) is 0 Å². The van der Waals surface area contributed by atoms with Crippen molar-refractivity contribution in [2.45, 2.75) is 45.1 Å². The van der Waals surface area contributed by atoms with Crippen molar-refractivity contribution in [3.8, 4) is 0 Å². The van der Waals surface area contributed by atoms with Crippen LogP contribution in [0.25, 0.3) is 0 Å². The second-order valence-electron chi connectivity index (χ2n) is 3.75. The van der Waals surface area contributed by atoms with Gasteiger partial charge < -0.3 is 10.5 Å². The molecule has 0 aromatic rings. The molecule has 0 bridgehead atoms. The first-order valence-corrected chi connectivity index (χ1v) is 5.15. The molecule has 1 rings (SSSR count). The zero-order valence-corrected chi connectivity index (χ0v) is 8.29. The van der Waals surface area contributed by atoms with Crippen LogP contribution in [0, 0.1) is 5.92 Å². The third-order valence-corrected chi connectivity index (χ3v) is 2.63. The highest BCUT2D eigenvalue weighted by atomic mass is 16.5. The van der Waals surface area contributed by atoms with E-state index < -0.39 is 0 Å². The SMILES string of the molecule is CCCO[C@H]1CC[C@H](C(N)=O)CC1. The van der Waals surface area contributed by atoms with Gasteiger partial charge in [-0.15, -0.1) is 0 Å². The normalized spacial score (nSPS) is 28.7. The molecule has 1 aliphatic carbocycles. The van der Waals surface area contributed by atoms with Gasteiger partial charge in [-0.25, -0.2) is 0 Å². The molecule has 0 unspecified atom stereocenters. The summed E-state index contributed by atoms with van der Waals surface area (Å²) in [5.74, 6) is -0.0459. The van der Waals surface area contributed by atoms with Crippen molar-refractivity contribution < 1.29 is 9.53 Å². The smallest absolute Gasteiger partial charge is 0.220 e. The van der Waals surface area contributed by atoms with Gasteiger partial charge in [-0.1, -0.05) is 6.92 Å². The maximum atomic E-state index is 10.9. The number of hydrogen-bond donors (Lipinski definition) is 1. The molecule has 3 nitrogen and oxygen atoms in total. The van der Waals surface area contributed by atoms with E-state index in [0.717, 1.165) is 38.7 Å². The number of carbonyl (C=O) groups is 1. The van der Waals surface area contributed by atoms with Crippen LogP contribution in [0.3, 0.4) is 0 Å². The van der Waals surface area contributed by atoms with Gasteiger partial charge in [0.05, 0.1) is 6.10 Å². The van der Waals surface area contributed by atoms with E-state index >= 15 is 0 Å². The summed E-state index contributed by atoms with van der Waals surface area (Å²) in [5.41, 5.74) is 5.23. The first-order chi connectivity index (χ1) is 6.24. The Balaban J connectivity index is 2.18. The van der Waals surface area contributed by atoms with E-state index in [1.165, 1.54) is 0 Å². The molecular formula is C10H19NO2. The maximum absolute atomic E-state index is 10.9. The highest BCUT2D eigenvalue weighted by Crippen LogP contribution is 2.25. The molecule has 13 heavy (non-hydrogen) atoms. The summed E-state index contributed by atoms with van der Waals surface area (Å²) < 4.78 is 5.61. The van der Waals surface area contributed by atoms with E-state index in [-0.39, 0.29) is 11.8 Å². The van der Waals surface area contributed by atoms with Gasteiger partial charge >= 0.3 is 0 Å². The van der Waals surface area contributed by atoms with E-state index in [1.54, 1.807) is 0 Å². The van der Waals surface area contributed by atoms with Gasteiger partial charge in [-0.3, -0.25) is 4.79 Å². The standard InChI is InChI=1S/C10H19NO2/c1-2-7-13-9-5-3-8(4-6-9)10(11)12/h8-9H,2-7H2,1H3,(H2,11,12)/t8-,9-. The molecule has 0 aliphatic heterocycles. The molecule has 0 heterocycles. The number of nitrogens with two attached hydrogens (primary N) is 1. The van der Waals surface area contributed by atoms with E-state index in [1.807, 2.05) is 0 Å². The maximum Gasteiger partial charge on any atom is 0.220 e. The summed E-state index contributed by atoms with van der Waals surface area (Å²) >= 11 is 0. The van der Waals surface area contributed by atoms with E-state index in [4.69, 9.17) is 10.5 Å². The summed E-state index contributed by atoms with van der Waals surface area (Å²) in [7, 11) is 0. The third kappa shape index (κ3) is 3.35. The lowest BCUT2D eigenvalue weighted by Crippen LogP contribution is -2.30. The Kier molecular flexibility index (Phi) is 4.22. The van der Waals surface area contributed by atoms with Crippen LogP contribution in [0.4, 0.5) is 0 Å². The van der Waals surface area contributed by atoms with Crippen molar-refractivity contribution in [3.05, 3.63) is 0 Å². The summed E-state index contributed by atoms with van der Waals surface area (Å²) in [5, 5.41) is 0. The highest BCUT2D eigenvalue weighted by molar-refractivity contribution is 5.76. The predicted octanol–water partition coefficient (Wildman–Crippen LogP) is 1.46. The molecule has 0 saturated heterocycles. The highest BCUT2D eigenvalue weighted by Gasteiger charge is 2.24. The Labute approximate surface area is 79.6 Å². The van der Waals surface area contributed by atoms with Crippen LogP contribution < -0.4 is 5.73 Å². The molecule has 1 saturated carbocycles. The van der Waals surface area contributed by atoms with Crippen molar-refractivity contribution in [2.24, 2.45) is 11.7 Å². The van der Waals surface area contributed by atoms with Crippen molar-refractivity contribution in [1.29, 1.82) is 0 Å². The number of amides is 1. The zero-order chi connectivity index (χ0) is 9.68. The van der Waals surface area contributed by atoms with Gasteiger partial charge in [0.15, 0.2) is 0 Å². The van der Waals surface area contributed by atoms with E-state index in [9.17, 15) is 4.79 Å². The fourth-order valence-corrected chi connectivity index (χ4v) is 1.80. The van der Waals surface area contributed by atoms with Crippen LogP contribution in [-0.2, 0) is 9.53 Å². The Morgan fingerprint density at radius 1 is 1.38 bits per heavy atom. The first-order valence-electron chi connectivity index (χ1n) is 5.15. The molecule has 76 valence electrons. The second-order valence-corrected chi connectivity index (χ2v) is 3.75. The predicted molar refractivity (Wildman–Crippen MR) is 51.2 cm³/mol. The van der Waals surface area contributed by atoms with Crippen LogP contribution in [0.15, 0.2) is 0 Å². The van der Waals surface area contributed by atoms with Gasteiger partial charge in [0, 0.05) is 12.5 Å². The Bertz CT molecular complexity index is 162. The Morgan fingerprint density at radius 2 is 2.00 bits per heavy atom. The minimum Gasteiger partial charge on any atom is -0.378 e. The van der Waals surface area contributed by atoms with Crippen LogP contribution >= 0.6 is 0 Å². The minimum atomic E-state index is -0.144. The van der Waals surface area contributed by atoms with E-state index in [2.05, 4.69) is 6.92 Å². The molecule has 1 fully saturated rings. The van der Waals surface area contributed by atoms with Gasteiger partial charge in [-0.2, -0.15) is 0 Å². The van der Waals surface area contributed by atoms with Gasteiger partial charge in [-0.05, 0) is 32.1 Å². The molecule has 3 heteroatoms. The van der Waals surface area contributed by atoms with Crippen LogP contribution in [0.5, 0.6) is 0 Å². The zero-order valence-electron chi connectivity index (χ0n) is 8.29. The molecule has 2 N–H and O–H groups in total. The fraction of sp³-hybridized carbons (Fsp3) is 0.900. The lowest BCUT2D eigenvalue weighted by Gasteiger charge is -2.26. The van der Waals surface area contributed by atoms with Gasteiger partial charge in [0.2, 0.25) is 5.91 Å². The first kappa shape index (κ1) is 10.5. The van der Waals surface area contributed by atoms with E-state index in [0.29, 0.717) is 6.10 Å². The lowest BCUT2D eigenvalue weighted by atomic mass is 9.87. The molecule has 0 aromatic carbocycles. The lowest BCUT2D eigenvalue weighted by molar-refractivity contribution is -0.123. The van der Waals surface area contributed by atoms with Crippen molar-refractivity contribution in [3.63, 3.8) is 0 Å². The summed E-state index contributed by atoms with van der Waals surface area (Å²) in [4.78, 5) is 10.9. The molecule has 0 atom stereocenters. The molecule has 1 amide bonds. The van der Waals surface area contributed by atoms with Gasteiger partial charge in [0.25, 0.3) is 0 Å². The summed E-state index contributed by atoms with van der Waals surface area (Å²) in [6, 6.07) is 0. The Hall–Kier alpha value is -0.570. The minimum absolute atomic E-state index is 0.0986. The third-order valence-electron chi connectivity index (χ3n) is 2.63. The number of primary amides is 1. The average molecular weight is 185 g/mol. The largest absolute Gasteiger partial charge is 0.378 e. The Morgan fingerprint density at radius 3 is 2.46 bits per heavy atom. The topological polar surface area (TPSA) is 52.3 Å². The van der Waals surface area contributed by atoms with Crippen LogP contribution in [-0.4, -0.2) is 18.6 Å². The van der Waals surface area contributed by atoms with Crippen LogP contribution in [0.1, 0.15) is 39.0 Å². The van der Waals surface area contributed by atoms with Crippen molar-refractivity contribution in [2.75, 3.05) is 6.61 Å². The molecule has 0 aromatic heterocycles. The quantitative estimate of drug-likeness (QED) is 0.720. The molecule has 0 radical (unpaired) electrons.